The molecule has 0 fully saturated rings. The molecule has 0 saturated heterocycles. The lowest BCUT2D eigenvalue weighted by Crippen LogP contribution is -2.51. The summed E-state index contributed by atoms with van der Waals surface area (Å²) in [5.74, 6) is -0.0130. The van der Waals surface area contributed by atoms with Crippen LogP contribution in [0.1, 0.15) is 25.1 Å². The Morgan fingerprint density at radius 2 is 2.05 bits per heavy atom. The van der Waals surface area contributed by atoms with Crippen LogP contribution in [0.15, 0.2) is 36.4 Å². The fourth-order valence-corrected chi connectivity index (χ4v) is 2.07. The van der Waals surface area contributed by atoms with Crippen molar-refractivity contribution in [3.63, 3.8) is 0 Å². The van der Waals surface area contributed by atoms with Crippen molar-refractivity contribution in [2.24, 2.45) is 12.8 Å². The van der Waals surface area contributed by atoms with Crippen LogP contribution in [0.25, 0.3) is 0 Å². The number of aliphatic hydroxyl groups is 1. The van der Waals surface area contributed by atoms with E-state index in [-0.39, 0.29) is 0 Å². The van der Waals surface area contributed by atoms with E-state index in [0.717, 1.165) is 11.3 Å². The van der Waals surface area contributed by atoms with Gasteiger partial charge in [0, 0.05) is 25.1 Å². The first-order valence-corrected chi connectivity index (χ1v) is 7.12. The molecule has 22 heavy (non-hydrogen) atoms. The number of nitrogens with one attached hydrogen (secondary N) is 1. The lowest BCUT2D eigenvalue weighted by atomic mass is 9.98. The molecule has 2 rings (SSSR count). The van der Waals surface area contributed by atoms with Gasteiger partial charge in [-0.2, -0.15) is 5.10 Å². The zero-order chi connectivity index (χ0) is 16.3. The SMILES string of the molecule is Cn1nc(Cc2ccccc2)cc1NC(=O)C(O)C(C)(C)N. The molecular weight excluding hydrogens is 280 g/mol. The molecule has 6 nitrogen and oxygen atoms in total. The summed E-state index contributed by atoms with van der Waals surface area (Å²) >= 11 is 0. The van der Waals surface area contributed by atoms with Crippen molar-refractivity contribution in [2.75, 3.05) is 5.32 Å². The van der Waals surface area contributed by atoms with Gasteiger partial charge in [0.25, 0.3) is 5.91 Å². The van der Waals surface area contributed by atoms with Crippen molar-refractivity contribution in [1.82, 2.24) is 9.78 Å². The maximum atomic E-state index is 12.0. The van der Waals surface area contributed by atoms with E-state index in [1.54, 1.807) is 31.6 Å². The van der Waals surface area contributed by atoms with Crippen LogP contribution in [0.3, 0.4) is 0 Å². The first-order valence-electron chi connectivity index (χ1n) is 7.12. The summed E-state index contributed by atoms with van der Waals surface area (Å²) < 4.78 is 1.58. The molecule has 4 N–H and O–H groups in total. The number of anilines is 1. The molecule has 0 aliphatic heterocycles. The number of aryl methyl sites for hydroxylation is 1. The summed E-state index contributed by atoms with van der Waals surface area (Å²) in [6, 6.07) is 11.7. The molecule has 1 aromatic carbocycles. The number of aliphatic hydroxyl groups excluding tert-OH is 1. The minimum atomic E-state index is -1.29. The van der Waals surface area contributed by atoms with Crippen LogP contribution < -0.4 is 11.1 Å². The number of rotatable bonds is 5. The van der Waals surface area contributed by atoms with Gasteiger partial charge in [0.15, 0.2) is 0 Å². The highest BCUT2D eigenvalue weighted by molar-refractivity contribution is 5.94. The van der Waals surface area contributed by atoms with Gasteiger partial charge >= 0.3 is 0 Å². The number of benzene rings is 1. The Hall–Kier alpha value is -2.18. The average Bonchev–Trinajstić information content (AvgIpc) is 2.78. The van der Waals surface area contributed by atoms with E-state index in [0.29, 0.717) is 12.2 Å². The van der Waals surface area contributed by atoms with Gasteiger partial charge in [-0.3, -0.25) is 9.48 Å². The Balaban J connectivity index is 2.09. The molecule has 1 amide bonds. The highest BCUT2D eigenvalue weighted by Gasteiger charge is 2.30. The minimum absolute atomic E-state index is 0.527. The fourth-order valence-electron chi connectivity index (χ4n) is 2.07. The molecule has 118 valence electrons. The van der Waals surface area contributed by atoms with Crippen molar-refractivity contribution in [3.8, 4) is 0 Å². The molecule has 0 aliphatic carbocycles. The lowest BCUT2D eigenvalue weighted by molar-refractivity contribution is -0.126. The predicted octanol–water partition coefficient (Wildman–Crippen LogP) is 1.05. The van der Waals surface area contributed by atoms with Crippen LogP contribution in [-0.2, 0) is 18.3 Å². The van der Waals surface area contributed by atoms with E-state index >= 15 is 0 Å². The molecule has 1 heterocycles. The maximum Gasteiger partial charge on any atom is 0.256 e. The van der Waals surface area contributed by atoms with Gasteiger partial charge in [0.05, 0.1) is 5.69 Å². The average molecular weight is 302 g/mol. The third-order valence-corrected chi connectivity index (χ3v) is 3.36. The van der Waals surface area contributed by atoms with Crippen molar-refractivity contribution in [1.29, 1.82) is 0 Å². The zero-order valence-corrected chi connectivity index (χ0v) is 13.1. The fraction of sp³-hybridized carbons (Fsp3) is 0.375. The second kappa shape index (κ2) is 6.29. The molecule has 0 spiro atoms. The Kier molecular flexibility index (Phi) is 4.63. The van der Waals surface area contributed by atoms with Crippen LogP contribution in [0.5, 0.6) is 0 Å². The van der Waals surface area contributed by atoms with Gasteiger partial charge in [-0.05, 0) is 19.4 Å². The minimum Gasteiger partial charge on any atom is -0.381 e. The Bertz CT molecular complexity index is 644. The molecule has 1 aromatic heterocycles. The normalized spacial score (nSPS) is 13.0. The number of amides is 1. The summed E-state index contributed by atoms with van der Waals surface area (Å²) in [5.41, 5.74) is 6.72. The van der Waals surface area contributed by atoms with Gasteiger partial charge in [0.2, 0.25) is 0 Å². The van der Waals surface area contributed by atoms with E-state index in [1.165, 1.54) is 0 Å². The maximum absolute atomic E-state index is 12.0. The smallest absolute Gasteiger partial charge is 0.256 e. The topological polar surface area (TPSA) is 93.2 Å². The Morgan fingerprint density at radius 1 is 1.41 bits per heavy atom. The van der Waals surface area contributed by atoms with Crippen molar-refractivity contribution in [2.45, 2.75) is 31.9 Å². The van der Waals surface area contributed by atoms with E-state index in [1.807, 2.05) is 30.3 Å². The van der Waals surface area contributed by atoms with Gasteiger partial charge in [-0.25, -0.2) is 0 Å². The molecule has 2 aromatic rings. The summed E-state index contributed by atoms with van der Waals surface area (Å²) in [4.78, 5) is 12.0. The highest BCUT2D eigenvalue weighted by atomic mass is 16.3. The number of nitrogens with zero attached hydrogens (tertiary/aromatic N) is 2. The Morgan fingerprint density at radius 3 is 2.64 bits per heavy atom. The number of carbonyl (C=O) groups excluding carboxylic acids is 1. The van der Waals surface area contributed by atoms with Gasteiger partial charge < -0.3 is 16.2 Å². The highest BCUT2D eigenvalue weighted by Crippen LogP contribution is 2.15. The number of carbonyl (C=O) groups is 1. The van der Waals surface area contributed by atoms with E-state index in [2.05, 4.69) is 10.4 Å². The molecule has 1 atom stereocenters. The molecule has 0 radical (unpaired) electrons. The van der Waals surface area contributed by atoms with Gasteiger partial charge in [0.1, 0.15) is 11.9 Å². The number of aromatic nitrogens is 2. The molecule has 0 saturated carbocycles. The van der Waals surface area contributed by atoms with Gasteiger partial charge in [-0.15, -0.1) is 0 Å². The van der Waals surface area contributed by atoms with Crippen LogP contribution in [0.4, 0.5) is 5.82 Å². The largest absolute Gasteiger partial charge is 0.381 e. The molecule has 1 unspecified atom stereocenters. The van der Waals surface area contributed by atoms with Crippen LogP contribution in [0.2, 0.25) is 0 Å². The number of nitrogens with two attached hydrogens (primary N) is 1. The van der Waals surface area contributed by atoms with Crippen LogP contribution in [-0.4, -0.2) is 32.4 Å². The number of hydrogen-bond acceptors (Lipinski definition) is 4. The van der Waals surface area contributed by atoms with Crippen molar-refractivity contribution < 1.29 is 9.90 Å². The predicted molar refractivity (Wildman–Crippen MR) is 85.4 cm³/mol. The third-order valence-electron chi connectivity index (χ3n) is 3.36. The standard InChI is InChI=1S/C16H22N4O2/c1-16(2,17)14(21)15(22)18-13-10-12(19-20(13)3)9-11-7-5-4-6-8-11/h4-8,10,14,21H,9,17H2,1-3H3,(H,18,22). The van der Waals surface area contributed by atoms with Gasteiger partial charge in [-0.1, -0.05) is 30.3 Å². The summed E-state index contributed by atoms with van der Waals surface area (Å²) in [6.07, 6.45) is -0.616. The van der Waals surface area contributed by atoms with Crippen LogP contribution >= 0.6 is 0 Å². The van der Waals surface area contributed by atoms with E-state index < -0.39 is 17.6 Å². The summed E-state index contributed by atoms with van der Waals surface area (Å²) in [6.45, 7) is 3.20. The second-order valence-electron chi connectivity index (χ2n) is 6.02. The quantitative estimate of drug-likeness (QED) is 0.769. The third kappa shape index (κ3) is 3.93. The lowest BCUT2D eigenvalue weighted by Gasteiger charge is -2.24. The zero-order valence-electron chi connectivity index (χ0n) is 13.1. The summed E-state index contributed by atoms with van der Waals surface area (Å²) in [7, 11) is 1.74. The second-order valence-corrected chi connectivity index (χ2v) is 6.02. The molecule has 0 bridgehead atoms. The first-order chi connectivity index (χ1) is 10.3. The first kappa shape index (κ1) is 16.2. The molecule has 6 heteroatoms. The monoisotopic (exact) mass is 302 g/mol. The number of hydrogen-bond donors (Lipinski definition) is 3. The molecular formula is C16H22N4O2. The van der Waals surface area contributed by atoms with Crippen molar-refractivity contribution >= 4 is 11.7 Å². The van der Waals surface area contributed by atoms with E-state index in [9.17, 15) is 9.90 Å². The molecule has 0 aliphatic rings. The van der Waals surface area contributed by atoms with Crippen LogP contribution in [0, 0.1) is 0 Å². The van der Waals surface area contributed by atoms with E-state index in [4.69, 9.17) is 5.73 Å². The Labute approximate surface area is 129 Å². The van der Waals surface area contributed by atoms with Crippen molar-refractivity contribution in [3.05, 3.63) is 47.7 Å². The summed E-state index contributed by atoms with van der Waals surface area (Å²) in [5, 5.41) is 16.9.